The van der Waals surface area contributed by atoms with E-state index in [1.807, 2.05) is 62.4 Å². The average molecular weight is 599 g/mol. The van der Waals surface area contributed by atoms with Crippen molar-refractivity contribution in [3.8, 4) is 5.75 Å². The second kappa shape index (κ2) is 16.1. The molecule has 2 atom stereocenters. The van der Waals surface area contributed by atoms with Gasteiger partial charge in [0.1, 0.15) is 11.9 Å². The number of esters is 1. The van der Waals surface area contributed by atoms with Crippen LogP contribution in [0.15, 0.2) is 53.0 Å². The Labute approximate surface area is 230 Å². The first kappa shape index (κ1) is 31.2. The van der Waals surface area contributed by atoms with Gasteiger partial charge in [0.05, 0.1) is 19.3 Å². The molecule has 0 spiro atoms. The minimum atomic E-state index is -3.54. The fourth-order valence-corrected chi connectivity index (χ4v) is 6.00. The maximum atomic E-state index is 12.8. The van der Waals surface area contributed by atoms with Crippen LogP contribution in [-0.2, 0) is 32.5 Å². The van der Waals surface area contributed by atoms with Crippen LogP contribution in [0.3, 0.4) is 0 Å². The van der Waals surface area contributed by atoms with Gasteiger partial charge in [0.2, 0.25) is 10.0 Å². The number of halogens is 1. The van der Waals surface area contributed by atoms with E-state index in [0.717, 1.165) is 34.2 Å². The number of hydrogen-bond acceptors (Lipinski definition) is 7. The van der Waals surface area contributed by atoms with E-state index >= 15 is 0 Å². The Morgan fingerprint density at radius 3 is 2.41 bits per heavy atom. The monoisotopic (exact) mass is 597 g/mol. The number of sulfonamides is 1. The van der Waals surface area contributed by atoms with Crippen LogP contribution in [0, 0.1) is 0 Å². The minimum absolute atomic E-state index is 0.220. The lowest BCUT2D eigenvalue weighted by Crippen LogP contribution is -2.46. The number of nitrogens with zero attached hydrogens (tertiary/aromatic N) is 1. The molecule has 0 aromatic heterocycles. The molecule has 0 aliphatic heterocycles. The Balaban J connectivity index is 2.04. The van der Waals surface area contributed by atoms with Crippen molar-refractivity contribution in [3.05, 3.63) is 64.1 Å². The van der Waals surface area contributed by atoms with Gasteiger partial charge < -0.3 is 20.5 Å². The second-order valence-corrected chi connectivity index (χ2v) is 12.0. The van der Waals surface area contributed by atoms with Gasteiger partial charge in [0.25, 0.3) is 0 Å². The summed E-state index contributed by atoms with van der Waals surface area (Å²) in [6.07, 6.45) is 1.08. The predicted octanol–water partition coefficient (Wildman–Crippen LogP) is 3.87. The summed E-state index contributed by atoms with van der Waals surface area (Å²) in [6.45, 7) is 5.61. The smallest absolute Gasteiger partial charge is 0.307 e. The Kier molecular flexibility index (Phi) is 13.6. The zero-order valence-corrected chi connectivity index (χ0v) is 24.4. The summed E-state index contributed by atoms with van der Waals surface area (Å²) >= 11 is 3.47. The van der Waals surface area contributed by atoms with Gasteiger partial charge in [-0.15, -0.1) is 0 Å². The van der Waals surface area contributed by atoms with Crippen molar-refractivity contribution in [3.63, 3.8) is 0 Å². The predicted molar refractivity (Wildman–Crippen MR) is 151 cm³/mol. The van der Waals surface area contributed by atoms with Crippen LogP contribution < -0.4 is 15.8 Å². The normalized spacial score (nSPS) is 13.4. The number of hydrogen-bond donors (Lipinski definition) is 2. The lowest BCUT2D eigenvalue weighted by atomic mass is 10.0. The van der Waals surface area contributed by atoms with E-state index in [9.17, 15) is 13.2 Å². The molecule has 0 amide bonds. The highest BCUT2D eigenvalue weighted by Gasteiger charge is 2.26. The lowest BCUT2D eigenvalue weighted by Gasteiger charge is -2.25. The molecule has 0 aliphatic carbocycles. The molecule has 10 heteroatoms. The lowest BCUT2D eigenvalue weighted by molar-refractivity contribution is -0.149. The Morgan fingerprint density at radius 1 is 1.08 bits per heavy atom. The summed E-state index contributed by atoms with van der Waals surface area (Å²) in [4.78, 5) is 12.8. The number of carbonyl (C=O) groups excluding carboxylic acids is 1. The van der Waals surface area contributed by atoms with Crippen molar-refractivity contribution in [2.24, 2.45) is 5.73 Å². The first-order valence-corrected chi connectivity index (χ1v) is 15.1. The van der Waals surface area contributed by atoms with Crippen molar-refractivity contribution in [2.75, 3.05) is 32.5 Å². The van der Waals surface area contributed by atoms with Crippen LogP contribution >= 0.6 is 15.9 Å². The Hall–Kier alpha value is -1.98. The van der Waals surface area contributed by atoms with Gasteiger partial charge in [-0.1, -0.05) is 54.0 Å². The molecule has 0 unspecified atom stereocenters. The fraction of sp³-hybridized carbons (Fsp3) is 0.519. The van der Waals surface area contributed by atoms with Crippen molar-refractivity contribution < 1.29 is 22.7 Å². The number of benzene rings is 2. The van der Waals surface area contributed by atoms with Crippen LogP contribution in [0.25, 0.3) is 0 Å². The summed E-state index contributed by atoms with van der Waals surface area (Å²) in [5.74, 6) is -0.0964. The molecule has 2 aromatic rings. The highest BCUT2D eigenvalue weighted by Crippen LogP contribution is 2.16. The van der Waals surface area contributed by atoms with Gasteiger partial charge in [-0.3, -0.25) is 4.79 Å². The summed E-state index contributed by atoms with van der Waals surface area (Å²) in [6, 6.07) is 15.0. The molecule has 0 heterocycles. The van der Waals surface area contributed by atoms with Gasteiger partial charge in [-0.25, -0.2) is 12.7 Å². The van der Waals surface area contributed by atoms with E-state index in [0.29, 0.717) is 32.6 Å². The first-order valence-electron chi connectivity index (χ1n) is 12.7. The molecule has 0 saturated heterocycles. The van der Waals surface area contributed by atoms with E-state index in [1.165, 1.54) is 4.31 Å². The number of methoxy groups -OCH3 is 1. The minimum Gasteiger partial charge on any atom is -0.497 e. The third-order valence-corrected chi connectivity index (χ3v) is 8.20. The first-order chi connectivity index (χ1) is 17.7. The standard InChI is InChI=1S/C27H40BrN3O5S/c1-4-13-31(14-5-2)37(33,34)15-12-27(32)36-26(25(29)18-21-8-6-10-23(28)16-21)20-30-19-22-9-7-11-24(17-22)35-3/h6-11,16-17,25-26,30H,4-5,12-15,18-20,29H2,1-3H3/t25-,26+/m0/s1. The van der Waals surface area contributed by atoms with E-state index in [4.69, 9.17) is 15.2 Å². The molecule has 0 radical (unpaired) electrons. The van der Waals surface area contributed by atoms with Crippen LogP contribution in [0.4, 0.5) is 0 Å². The molecule has 2 aromatic carbocycles. The fourth-order valence-electron chi connectivity index (χ4n) is 3.95. The van der Waals surface area contributed by atoms with Gasteiger partial charge in [-0.05, 0) is 54.7 Å². The number of nitrogens with one attached hydrogen (secondary N) is 1. The van der Waals surface area contributed by atoms with Crippen LogP contribution in [0.5, 0.6) is 5.75 Å². The van der Waals surface area contributed by atoms with Gasteiger partial charge >= 0.3 is 5.97 Å². The molecule has 8 nitrogen and oxygen atoms in total. The molecule has 0 aliphatic rings. The zero-order chi connectivity index (χ0) is 27.3. The molecule has 0 fully saturated rings. The van der Waals surface area contributed by atoms with E-state index in [-0.39, 0.29) is 12.2 Å². The molecule has 0 bridgehead atoms. The van der Waals surface area contributed by atoms with E-state index in [1.54, 1.807) is 7.11 Å². The van der Waals surface area contributed by atoms with Gasteiger partial charge in [-0.2, -0.15) is 0 Å². The Bertz CT molecular complexity index is 1080. The van der Waals surface area contributed by atoms with Crippen molar-refractivity contribution in [1.29, 1.82) is 0 Å². The average Bonchev–Trinajstić information content (AvgIpc) is 2.87. The molecular formula is C27H40BrN3O5S. The summed E-state index contributed by atoms with van der Waals surface area (Å²) < 4.78 is 38.9. The molecule has 2 rings (SSSR count). The third-order valence-electron chi connectivity index (χ3n) is 5.83. The topological polar surface area (TPSA) is 111 Å². The summed E-state index contributed by atoms with van der Waals surface area (Å²) in [7, 11) is -1.92. The maximum absolute atomic E-state index is 12.8. The van der Waals surface area contributed by atoms with Gasteiger partial charge in [0, 0.05) is 36.7 Å². The molecule has 206 valence electrons. The van der Waals surface area contributed by atoms with E-state index < -0.39 is 28.1 Å². The van der Waals surface area contributed by atoms with Crippen molar-refractivity contribution in [2.45, 2.75) is 58.2 Å². The molecule has 0 saturated carbocycles. The number of ether oxygens (including phenoxy) is 2. The maximum Gasteiger partial charge on any atom is 0.307 e. The van der Waals surface area contributed by atoms with E-state index in [2.05, 4.69) is 21.2 Å². The number of rotatable bonds is 17. The Morgan fingerprint density at radius 2 is 1.76 bits per heavy atom. The van der Waals surface area contributed by atoms with Crippen molar-refractivity contribution >= 4 is 31.9 Å². The summed E-state index contributed by atoms with van der Waals surface area (Å²) in [5.41, 5.74) is 8.53. The molecule has 37 heavy (non-hydrogen) atoms. The van der Waals surface area contributed by atoms with Crippen molar-refractivity contribution in [1.82, 2.24) is 9.62 Å². The second-order valence-electron chi connectivity index (χ2n) is 8.97. The highest BCUT2D eigenvalue weighted by molar-refractivity contribution is 9.10. The van der Waals surface area contributed by atoms with Crippen LogP contribution in [0.2, 0.25) is 0 Å². The highest BCUT2D eigenvalue weighted by atomic mass is 79.9. The van der Waals surface area contributed by atoms with Crippen LogP contribution in [-0.4, -0.2) is 63.3 Å². The quantitative estimate of drug-likeness (QED) is 0.266. The SMILES string of the molecule is CCCN(CCC)S(=O)(=O)CCC(=O)O[C@H](CNCc1cccc(OC)c1)[C@@H](N)Cc1cccc(Br)c1. The van der Waals surface area contributed by atoms with Gasteiger partial charge in [0.15, 0.2) is 0 Å². The molecular weight excluding hydrogens is 558 g/mol. The van der Waals surface area contributed by atoms with Crippen LogP contribution in [0.1, 0.15) is 44.2 Å². The zero-order valence-electron chi connectivity index (χ0n) is 22.0. The summed E-state index contributed by atoms with van der Waals surface area (Å²) in [5, 5.41) is 3.31. The third kappa shape index (κ3) is 11.1. The number of carbonyl (C=O) groups is 1. The number of nitrogens with two attached hydrogens (primary N) is 1. The molecule has 3 N–H and O–H groups in total. The largest absolute Gasteiger partial charge is 0.497 e.